The van der Waals surface area contributed by atoms with Crippen LogP contribution in [-0.4, -0.2) is 75.9 Å². The number of ether oxygens (including phenoxy) is 1. The molecule has 0 spiro atoms. The lowest BCUT2D eigenvalue weighted by Crippen LogP contribution is -2.65. The normalized spacial score (nSPS) is 23.1. The van der Waals surface area contributed by atoms with Crippen molar-refractivity contribution in [1.82, 2.24) is 19.6 Å². The fourth-order valence-corrected chi connectivity index (χ4v) is 4.12. The van der Waals surface area contributed by atoms with Crippen LogP contribution in [0.2, 0.25) is 0 Å². The Balaban J connectivity index is 1.64. The molecule has 0 saturated carbocycles. The molecule has 3 aliphatic heterocycles. The van der Waals surface area contributed by atoms with Crippen LogP contribution in [0.3, 0.4) is 0 Å². The van der Waals surface area contributed by atoms with Crippen LogP contribution in [0.25, 0.3) is 0 Å². The molecule has 2 atom stereocenters. The smallest absolute Gasteiger partial charge is 0.328 e. The van der Waals surface area contributed by atoms with Gasteiger partial charge in [-0.15, -0.1) is 0 Å². The Hall–Kier alpha value is -3.36. The molecule has 158 valence electrons. The Kier molecular flexibility index (Phi) is 4.97. The lowest BCUT2D eigenvalue weighted by atomic mass is 10.1. The van der Waals surface area contributed by atoms with Gasteiger partial charge in [-0.05, 0) is 26.3 Å². The highest BCUT2D eigenvalue weighted by Crippen LogP contribution is 2.38. The molecule has 3 amide bonds. The first kappa shape index (κ1) is 19.9. The largest absolute Gasteiger partial charge is 0.465 e. The van der Waals surface area contributed by atoms with E-state index >= 15 is 0 Å². The van der Waals surface area contributed by atoms with Gasteiger partial charge in [0.05, 0.1) is 13.2 Å². The molecule has 0 radical (unpaired) electrons. The van der Waals surface area contributed by atoms with Gasteiger partial charge in [-0.2, -0.15) is 0 Å². The number of hydrogen-bond donors (Lipinski definition) is 0. The summed E-state index contributed by atoms with van der Waals surface area (Å²) in [5, 5.41) is 0. The van der Waals surface area contributed by atoms with Gasteiger partial charge in [0.2, 0.25) is 5.96 Å². The first-order valence-corrected chi connectivity index (χ1v) is 9.95. The van der Waals surface area contributed by atoms with Crippen LogP contribution in [-0.2, 0) is 20.9 Å². The third kappa shape index (κ3) is 3.01. The number of likely N-dealkylation sites (N-methyl/N-ethyl adjacent to an activating group) is 1. The van der Waals surface area contributed by atoms with E-state index in [1.54, 1.807) is 14.0 Å². The Morgan fingerprint density at radius 3 is 2.47 bits per heavy atom. The second-order valence-electron chi connectivity index (χ2n) is 7.52. The number of carbonyl (C=O) groups excluding carboxylic acids is 3. The zero-order valence-electron chi connectivity index (χ0n) is 17.5. The second kappa shape index (κ2) is 7.47. The number of benzene rings is 1. The second-order valence-corrected chi connectivity index (χ2v) is 7.52. The molecule has 1 aromatic rings. The summed E-state index contributed by atoms with van der Waals surface area (Å²) in [5.41, 5.74) is 3.02. The molecule has 0 aliphatic carbocycles. The van der Waals surface area contributed by atoms with E-state index in [0.717, 1.165) is 21.9 Å². The number of carbonyl (C=O) groups is 3. The molecule has 2 unspecified atom stereocenters. The van der Waals surface area contributed by atoms with Crippen LogP contribution >= 0.6 is 0 Å². The molecule has 3 heterocycles. The summed E-state index contributed by atoms with van der Waals surface area (Å²) < 4.78 is 4.93. The highest BCUT2D eigenvalue weighted by Gasteiger charge is 2.56. The van der Waals surface area contributed by atoms with Crippen molar-refractivity contribution in [3.8, 4) is 0 Å². The van der Waals surface area contributed by atoms with Crippen LogP contribution in [0, 0.1) is 0 Å². The molecule has 1 aromatic carbocycles. The van der Waals surface area contributed by atoms with Crippen LogP contribution in [0.15, 0.2) is 46.7 Å². The number of rotatable bonds is 5. The molecule has 4 rings (SSSR count). The summed E-state index contributed by atoms with van der Waals surface area (Å²) in [6.07, 6.45) is -0.639. The van der Waals surface area contributed by atoms with Crippen molar-refractivity contribution in [3.63, 3.8) is 0 Å². The fourth-order valence-electron chi connectivity index (χ4n) is 4.12. The summed E-state index contributed by atoms with van der Waals surface area (Å²) >= 11 is 0. The predicted octanol–water partition coefficient (Wildman–Crippen LogP) is 1.58. The number of nitrogens with zero attached hydrogens (tertiary/aromatic N) is 5. The van der Waals surface area contributed by atoms with Crippen molar-refractivity contribution in [2.75, 3.05) is 20.2 Å². The van der Waals surface area contributed by atoms with Crippen molar-refractivity contribution in [3.05, 3.63) is 47.3 Å². The number of fused-ring (bicyclic) bond motifs is 3. The number of guanidine groups is 1. The quantitative estimate of drug-likeness (QED) is 0.684. The lowest BCUT2D eigenvalue weighted by molar-refractivity contribution is -0.150. The fraction of sp³-hybridized carbons (Fsp3) is 0.429. The first-order chi connectivity index (χ1) is 14.3. The van der Waals surface area contributed by atoms with Gasteiger partial charge < -0.3 is 14.5 Å². The molecule has 1 saturated heterocycles. The van der Waals surface area contributed by atoms with E-state index in [2.05, 4.69) is 4.90 Å². The van der Waals surface area contributed by atoms with Crippen molar-refractivity contribution in [2.45, 2.75) is 39.5 Å². The van der Waals surface area contributed by atoms with Gasteiger partial charge in [0, 0.05) is 18.4 Å². The first-order valence-electron chi connectivity index (χ1n) is 9.95. The van der Waals surface area contributed by atoms with Gasteiger partial charge in [0.15, 0.2) is 12.2 Å². The number of urea groups is 1. The molecule has 9 heteroatoms. The summed E-state index contributed by atoms with van der Waals surface area (Å²) in [7, 11) is 1.60. The van der Waals surface area contributed by atoms with Crippen LogP contribution in [0.5, 0.6) is 0 Å². The van der Waals surface area contributed by atoms with E-state index in [1.807, 2.05) is 49.1 Å². The number of hydrogen-bond acceptors (Lipinski definition) is 7. The standard InChI is InChI=1S/C21H25N5O4/c1-5-30-16(27)12-25-19(28)17-18(23(4)21(25)29)22-20-24(13(2)14(3)26(17)20)11-15-9-7-6-8-10-15/h6-10,17-18H,5,11-12H2,1-4H3. The van der Waals surface area contributed by atoms with Crippen molar-refractivity contribution < 1.29 is 19.1 Å². The molecule has 0 bridgehead atoms. The number of imide groups is 1. The van der Waals surface area contributed by atoms with Crippen LogP contribution in [0.1, 0.15) is 26.3 Å². The Bertz CT molecular complexity index is 957. The SMILES string of the molecule is CCOC(=O)CN1C(=O)C2C(N=C3N(Cc4ccccc4)C(C)=C(C)N32)N(C)C1=O. The Morgan fingerprint density at radius 2 is 1.80 bits per heavy atom. The maximum Gasteiger partial charge on any atom is 0.328 e. The number of esters is 1. The zero-order chi connectivity index (χ0) is 21.6. The third-order valence-electron chi connectivity index (χ3n) is 5.78. The summed E-state index contributed by atoms with van der Waals surface area (Å²) in [6.45, 7) is 6.00. The van der Waals surface area contributed by atoms with E-state index in [9.17, 15) is 14.4 Å². The summed E-state index contributed by atoms with van der Waals surface area (Å²) in [5.74, 6) is -0.404. The highest BCUT2D eigenvalue weighted by molar-refractivity contribution is 6.06. The minimum absolute atomic E-state index is 0.186. The van der Waals surface area contributed by atoms with Gasteiger partial charge in [-0.25, -0.2) is 9.79 Å². The number of allylic oxidation sites excluding steroid dienone is 2. The molecule has 0 N–H and O–H groups in total. The predicted molar refractivity (Wildman–Crippen MR) is 109 cm³/mol. The summed E-state index contributed by atoms with van der Waals surface area (Å²) in [6, 6.07) is 8.75. The zero-order valence-corrected chi connectivity index (χ0v) is 17.5. The minimum Gasteiger partial charge on any atom is -0.465 e. The summed E-state index contributed by atoms with van der Waals surface area (Å²) in [4.78, 5) is 49.1. The average molecular weight is 411 g/mol. The van der Waals surface area contributed by atoms with E-state index in [4.69, 9.17) is 9.73 Å². The molecule has 1 fully saturated rings. The number of aliphatic imine (C=N–C) groups is 1. The third-order valence-corrected chi connectivity index (χ3v) is 5.78. The maximum absolute atomic E-state index is 13.3. The minimum atomic E-state index is -0.701. The van der Waals surface area contributed by atoms with Crippen molar-refractivity contribution in [1.29, 1.82) is 0 Å². The lowest BCUT2D eigenvalue weighted by Gasteiger charge is -2.40. The van der Waals surface area contributed by atoms with Crippen molar-refractivity contribution in [2.24, 2.45) is 4.99 Å². The molecule has 0 aromatic heterocycles. The highest BCUT2D eigenvalue weighted by atomic mass is 16.5. The van der Waals surface area contributed by atoms with Gasteiger partial charge >= 0.3 is 12.0 Å². The van der Waals surface area contributed by atoms with Gasteiger partial charge in [-0.1, -0.05) is 30.3 Å². The molecular weight excluding hydrogens is 386 g/mol. The van der Waals surface area contributed by atoms with E-state index in [-0.39, 0.29) is 6.61 Å². The van der Waals surface area contributed by atoms with Gasteiger partial charge in [0.25, 0.3) is 5.91 Å². The average Bonchev–Trinajstić information content (AvgIpc) is 3.23. The van der Waals surface area contributed by atoms with Crippen LogP contribution in [0.4, 0.5) is 4.79 Å². The monoisotopic (exact) mass is 411 g/mol. The van der Waals surface area contributed by atoms with Gasteiger partial charge in [0.1, 0.15) is 6.54 Å². The van der Waals surface area contributed by atoms with Crippen LogP contribution < -0.4 is 0 Å². The van der Waals surface area contributed by atoms with E-state index in [0.29, 0.717) is 12.5 Å². The molecule has 3 aliphatic rings. The van der Waals surface area contributed by atoms with E-state index in [1.165, 1.54) is 4.90 Å². The topological polar surface area (TPSA) is 85.8 Å². The molecule has 30 heavy (non-hydrogen) atoms. The molecule has 9 nitrogen and oxygen atoms in total. The Labute approximate surface area is 175 Å². The number of amides is 3. The van der Waals surface area contributed by atoms with Gasteiger partial charge in [-0.3, -0.25) is 19.4 Å². The maximum atomic E-state index is 13.3. The van der Waals surface area contributed by atoms with E-state index < -0.39 is 36.7 Å². The molecular formula is C21H25N5O4. The Morgan fingerprint density at radius 1 is 1.10 bits per heavy atom. The van der Waals surface area contributed by atoms with Crippen molar-refractivity contribution >= 4 is 23.9 Å².